The molecule has 0 amide bonds. The van der Waals surface area contributed by atoms with Crippen LogP contribution in [-0.4, -0.2) is 36.2 Å². The summed E-state index contributed by atoms with van der Waals surface area (Å²) in [5.41, 5.74) is 3.31. The van der Waals surface area contributed by atoms with Crippen LogP contribution in [0.15, 0.2) is 54.7 Å². The standard InChI is InChI=1S/C23H25N3O/c1-27-21-7-5-18(6-8-21)9-13-25-14-10-20(11-15-25)26-16-12-22-19(17-24)3-2-4-23(22)26/h2-8,12,16,20H,9-11,13-15H2,1H3. The van der Waals surface area contributed by atoms with Crippen LogP contribution in [0.4, 0.5) is 0 Å². The normalized spacial score (nSPS) is 15.7. The van der Waals surface area contributed by atoms with E-state index in [0.717, 1.165) is 55.6 Å². The molecule has 0 radical (unpaired) electrons. The summed E-state index contributed by atoms with van der Waals surface area (Å²) >= 11 is 0. The lowest BCUT2D eigenvalue weighted by Crippen LogP contribution is -2.35. The zero-order valence-electron chi connectivity index (χ0n) is 15.8. The van der Waals surface area contributed by atoms with E-state index in [0.29, 0.717) is 6.04 Å². The van der Waals surface area contributed by atoms with Crippen LogP contribution in [0.2, 0.25) is 0 Å². The smallest absolute Gasteiger partial charge is 0.118 e. The maximum Gasteiger partial charge on any atom is 0.118 e. The number of likely N-dealkylation sites (tertiary alicyclic amines) is 1. The molecule has 0 bridgehead atoms. The Hall–Kier alpha value is -2.77. The summed E-state index contributed by atoms with van der Waals surface area (Å²) < 4.78 is 7.60. The number of piperidine rings is 1. The van der Waals surface area contributed by atoms with E-state index in [1.807, 2.05) is 24.3 Å². The van der Waals surface area contributed by atoms with Crippen molar-refractivity contribution in [3.63, 3.8) is 0 Å². The highest BCUT2D eigenvalue weighted by molar-refractivity contribution is 5.86. The summed E-state index contributed by atoms with van der Waals surface area (Å²) in [5.74, 6) is 0.915. The molecule has 0 spiro atoms. The number of methoxy groups -OCH3 is 1. The second-order valence-corrected chi connectivity index (χ2v) is 7.24. The fourth-order valence-corrected chi connectivity index (χ4v) is 4.10. The van der Waals surface area contributed by atoms with Crippen molar-refractivity contribution in [2.45, 2.75) is 25.3 Å². The van der Waals surface area contributed by atoms with Gasteiger partial charge in [-0.2, -0.15) is 5.26 Å². The molecular formula is C23H25N3O. The van der Waals surface area contributed by atoms with Crippen molar-refractivity contribution in [1.29, 1.82) is 5.26 Å². The highest BCUT2D eigenvalue weighted by Crippen LogP contribution is 2.29. The second kappa shape index (κ2) is 7.85. The zero-order valence-corrected chi connectivity index (χ0v) is 15.8. The van der Waals surface area contributed by atoms with E-state index in [1.165, 1.54) is 11.1 Å². The first-order valence-corrected chi connectivity index (χ1v) is 9.63. The average molecular weight is 359 g/mol. The Balaban J connectivity index is 1.36. The highest BCUT2D eigenvalue weighted by atomic mass is 16.5. The molecular weight excluding hydrogens is 334 g/mol. The zero-order chi connectivity index (χ0) is 18.6. The Morgan fingerprint density at radius 2 is 1.85 bits per heavy atom. The van der Waals surface area contributed by atoms with E-state index in [9.17, 15) is 5.26 Å². The monoisotopic (exact) mass is 359 g/mol. The first kappa shape index (κ1) is 17.6. The number of benzene rings is 2. The lowest BCUT2D eigenvalue weighted by atomic mass is 10.0. The maximum atomic E-state index is 9.30. The third kappa shape index (κ3) is 3.70. The molecule has 1 fully saturated rings. The Labute approximate surface area is 160 Å². The minimum atomic E-state index is 0.522. The average Bonchev–Trinajstić information content (AvgIpc) is 3.17. The number of nitriles is 1. The van der Waals surface area contributed by atoms with Gasteiger partial charge in [0.2, 0.25) is 0 Å². The fraction of sp³-hybridized carbons (Fsp3) is 0.348. The van der Waals surface area contributed by atoms with Crippen LogP contribution in [0.3, 0.4) is 0 Å². The Morgan fingerprint density at radius 3 is 2.56 bits per heavy atom. The van der Waals surface area contributed by atoms with Crippen molar-refractivity contribution in [3.8, 4) is 11.8 Å². The molecule has 0 unspecified atom stereocenters. The van der Waals surface area contributed by atoms with Gasteiger partial charge >= 0.3 is 0 Å². The van der Waals surface area contributed by atoms with Gasteiger partial charge in [0.25, 0.3) is 0 Å². The van der Waals surface area contributed by atoms with Gasteiger partial charge in [-0.3, -0.25) is 0 Å². The summed E-state index contributed by atoms with van der Waals surface area (Å²) in [6.07, 6.45) is 5.54. The van der Waals surface area contributed by atoms with Gasteiger partial charge in [0.1, 0.15) is 5.75 Å². The topological polar surface area (TPSA) is 41.2 Å². The molecule has 1 saturated heterocycles. The van der Waals surface area contributed by atoms with E-state index in [-0.39, 0.29) is 0 Å². The number of ether oxygens (including phenoxy) is 1. The van der Waals surface area contributed by atoms with Crippen molar-refractivity contribution in [2.75, 3.05) is 26.7 Å². The fourth-order valence-electron chi connectivity index (χ4n) is 4.10. The SMILES string of the molecule is COc1ccc(CCN2CCC(n3ccc4c(C#N)cccc43)CC2)cc1. The van der Waals surface area contributed by atoms with Crippen LogP contribution in [0, 0.1) is 11.3 Å². The molecule has 0 N–H and O–H groups in total. The number of hydrogen-bond acceptors (Lipinski definition) is 3. The molecule has 138 valence electrons. The molecule has 2 aromatic carbocycles. The third-order valence-electron chi connectivity index (χ3n) is 5.71. The summed E-state index contributed by atoms with van der Waals surface area (Å²) in [7, 11) is 1.70. The molecule has 0 aliphatic carbocycles. The van der Waals surface area contributed by atoms with Gasteiger partial charge in [-0.15, -0.1) is 0 Å². The summed E-state index contributed by atoms with van der Waals surface area (Å²) in [6, 6.07) is 19.3. The number of rotatable bonds is 5. The summed E-state index contributed by atoms with van der Waals surface area (Å²) in [5, 5.41) is 10.4. The Morgan fingerprint density at radius 1 is 1.07 bits per heavy atom. The third-order valence-corrected chi connectivity index (χ3v) is 5.71. The van der Waals surface area contributed by atoms with Crippen molar-refractivity contribution in [3.05, 3.63) is 65.9 Å². The minimum Gasteiger partial charge on any atom is -0.497 e. The van der Waals surface area contributed by atoms with Gasteiger partial charge in [-0.1, -0.05) is 18.2 Å². The van der Waals surface area contributed by atoms with Crippen molar-refractivity contribution < 1.29 is 4.74 Å². The molecule has 0 saturated carbocycles. The van der Waals surface area contributed by atoms with Crippen LogP contribution >= 0.6 is 0 Å². The molecule has 3 aromatic rings. The van der Waals surface area contributed by atoms with Crippen LogP contribution in [0.5, 0.6) is 5.75 Å². The van der Waals surface area contributed by atoms with Crippen LogP contribution in [-0.2, 0) is 6.42 Å². The second-order valence-electron chi connectivity index (χ2n) is 7.24. The van der Waals surface area contributed by atoms with E-state index in [2.05, 4.69) is 46.0 Å². The quantitative estimate of drug-likeness (QED) is 0.678. The molecule has 27 heavy (non-hydrogen) atoms. The lowest BCUT2D eigenvalue weighted by Gasteiger charge is -2.33. The molecule has 0 atom stereocenters. The molecule has 4 rings (SSSR count). The number of hydrogen-bond donors (Lipinski definition) is 0. The van der Waals surface area contributed by atoms with Gasteiger partial charge in [0.05, 0.1) is 18.7 Å². The van der Waals surface area contributed by atoms with Gasteiger partial charge in [-0.05, 0) is 55.2 Å². The van der Waals surface area contributed by atoms with Gasteiger partial charge in [0.15, 0.2) is 0 Å². The maximum absolute atomic E-state index is 9.30. The first-order chi connectivity index (χ1) is 13.3. The van der Waals surface area contributed by atoms with E-state index >= 15 is 0 Å². The predicted octanol–water partition coefficient (Wildman–Crippen LogP) is 4.40. The molecule has 4 nitrogen and oxygen atoms in total. The first-order valence-electron chi connectivity index (χ1n) is 9.63. The number of nitrogens with zero attached hydrogens (tertiary/aromatic N) is 3. The summed E-state index contributed by atoms with van der Waals surface area (Å²) in [4.78, 5) is 2.56. The summed E-state index contributed by atoms with van der Waals surface area (Å²) in [6.45, 7) is 3.35. The van der Waals surface area contributed by atoms with E-state index in [1.54, 1.807) is 7.11 Å². The number of fused-ring (bicyclic) bond motifs is 1. The predicted molar refractivity (Wildman–Crippen MR) is 108 cm³/mol. The van der Waals surface area contributed by atoms with Gasteiger partial charge in [-0.25, -0.2) is 0 Å². The van der Waals surface area contributed by atoms with Crippen molar-refractivity contribution in [2.24, 2.45) is 0 Å². The van der Waals surface area contributed by atoms with Gasteiger partial charge in [0, 0.05) is 42.8 Å². The minimum absolute atomic E-state index is 0.522. The largest absolute Gasteiger partial charge is 0.497 e. The lowest BCUT2D eigenvalue weighted by molar-refractivity contribution is 0.190. The van der Waals surface area contributed by atoms with Crippen molar-refractivity contribution in [1.82, 2.24) is 9.47 Å². The van der Waals surface area contributed by atoms with Crippen LogP contribution in [0.1, 0.15) is 30.0 Å². The molecule has 1 aromatic heterocycles. The molecule has 1 aliphatic heterocycles. The van der Waals surface area contributed by atoms with Crippen LogP contribution in [0.25, 0.3) is 10.9 Å². The highest BCUT2D eigenvalue weighted by Gasteiger charge is 2.21. The van der Waals surface area contributed by atoms with Crippen LogP contribution < -0.4 is 4.74 Å². The Kier molecular flexibility index (Phi) is 5.13. The van der Waals surface area contributed by atoms with E-state index < -0.39 is 0 Å². The number of aromatic nitrogens is 1. The van der Waals surface area contributed by atoms with E-state index in [4.69, 9.17) is 4.74 Å². The molecule has 1 aliphatic rings. The van der Waals surface area contributed by atoms with Crippen molar-refractivity contribution >= 4 is 10.9 Å². The van der Waals surface area contributed by atoms with Gasteiger partial charge < -0.3 is 14.2 Å². The Bertz CT molecular complexity index is 944. The molecule has 2 heterocycles. The molecule has 4 heteroatoms.